The zero-order chi connectivity index (χ0) is 15.3. The number of ether oxygens (including phenoxy) is 1. The minimum atomic E-state index is -0.963. The van der Waals surface area contributed by atoms with Gasteiger partial charge in [-0.3, -0.25) is 0 Å². The topological polar surface area (TPSA) is 78.8 Å². The van der Waals surface area contributed by atoms with Crippen LogP contribution in [0.3, 0.4) is 0 Å². The number of benzene rings is 1. The lowest BCUT2D eigenvalue weighted by molar-refractivity contribution is 0.0697. The summed E-state index contributed by atoms with van der Waals surface area (Å²) in [7, 11) is 1.56. The summed E-state index contributed by atoms with van der Waals surface area (Å²) in [4.78, 5) is 11.1. The summed E-state index contributed by atoms with van der Waals surface area (Å²) in [6, 6.07) is 4.75. The van der Waals surface area contributed by atoms with Crippen LogP contribution in [0.1, 0.15) is 42.5 Å². The molecule has 3 N–H and O–H groups in total. The average molecular weight is 293 g/mol. The number of carboxylic acid groups (broad SMARTS) is 1. The number of carbonyl (C=O) groups is 1. The van der Waals surface area contributed by atoms with Gasteiger partial charge in [-0.2, -0.15) is 0 Å². The largest absolute Gasteiger partial charge is 0.495 e. The molecular formula is C16H23NO4. The third-order valence-electron chi connectivity index (χ3n) is 4.35. The second-order valence-electron chi connectivity index (χ2n) is 5.79. The number of aromatic carboxylic acids is 1. The minimum Gasteiger partial charge on any atom is -0.495 e. The van der Waals surface area contributed by atoms with Crippen molar-refractivity contribution >= 4 is 11.7 Å². The van der Waals surface area contributed by atoms with Crippen LogP contribution >= 0.6 is 0 Å². The van der Waals surface area contributed by atoms with Gasteiger partial charge in [-0.25, -0.2) is 4.79 Å². The van der Waals surface area contributed by atoms with Crippen LogP contribution < -0.4 is 10.1 Å². The van der Waals surface area contributed by atoms with Crippen molar-refractivity contribution in [2.75, 3.05) is 25.6 Å². The first kappa shape index (κ1) is 15.6. The van der Waals surface area contributed by atoms with Crippen LogP contribution in [0.2, 0.25) is 0 Å². The molecule has 0 radical (unpaired) electrons. The van der Waals surface area contributed by atoms with Crippen LogP contribution in [0.25, 0.3) is 0 Å². The molecule has 0 unspecified atom stereocenters. The zero-order valence-electron chi connectivity index (χ0n) is 12.4. The molecule has 0 amide bonds. The maximum absolute atomic E-state index is 11.1. The Labute approximate surface area is 124 Å². The lowest BCUT2D eigenvalue weighted by Gasteiger charge is -2.36. The second-order valence-corrected chi connectivity index (χ2v) is 5.79. The zero-order valence-corrected chi connectivity index (χ0v) is 12.4. The van der Waals surface area contributed by atoms with Crippen molar-refractivity contribution in [2.45, 2.75) is 32.1 Å². The summed E-state index contributed by atoms with van der Waals surface area (Å²) >= 11 is 0. The number of anilines is 1. The number of nitrogens with one attached hydrogen (secondary N) is 1. The molecule has 5 heteroatoms. The summed E-state index contributed by atoms with van der Waals surface area (Å²) in [5.41, 5.74) is 0.776. The molecule has 0 atom stereocenters. The normalized spacial score (nSPS) is 17.2. The van der Waals surface area contributed by atoms with E-state index < -0.39 is 5.97 Å². The van der Waals surface area contributed by atoms with E-state index in [1.54, 1.807) is 19.2 Å². The van der Waals surface area contributed by atoms with Gasteiger partial charge in [0.2, 0.25) is 0 Å². The third-order valence-corrected chi connectivity index (χ3v) is 4.35. The van der Waals surface area contributed by atoms with E-state index in [4.69, 9.17) is 9.84 Å². The smallest absolute Gasteiger partial charge is 0.335 e. The fraction of sp³-hybridized carbons (Fsp3) is 0.562. The molecule has 1 aromatic carbocycles. The molecule has 0 bridgehead atoms. The quantitative estimate of drug-likeness (QED) is 0.751. The van der Waals surface area contributed by atoms with E-state index in [2.05, 4.69) is 5.32 Å². The molecule has 0 aromatic heterocycles. The number of hydrogen-bond acceptors (Lipinski definition) is 4. The Kier molecular flexibility index (Phi) is 5.07. The van der Waals surface area contributed by atoms with Gasteiger partial charge in [0.1, 0.15) is 5.75 Å². The highest BCUT2D eigenvalue weighted by atomic mass is 16.5. The van der Waals surface area contributed by atoms with Crippen molar-refractivity contribution in [3.8, 4) is 5.75 Å². The maximum atomic E-state index is 11.1. The molecule has 2 rings (SSSR count). The fourth-order valence-corrected chi connectivity index (χ4v) is 2.95. The number of rotatable bonds is 6. The number of aliphatic hydroxyl groups is 1. The van der Waals surface area contributed by atoms with E-state index in [-0.39, 0.29) is 17.6 Å². The lowest BCUT2D eigenvalue weighted by Crippen LogP contribution is -2.35. The predicted octanol–water partition coefficient (Wildman–Crippen LogP) is 2.75. The van der Waals surface area contributed by atoms with Crippen molar-refractivity contribution < 1.29 is 19.7 Å². The molecule has 0 aliphatic heterocycles. The Bertz CT molecular complexity index is 495. The lowest BCUT2D eigenvalue weighted by atomic mass is 9.74. The van der Waals surface area contributed by atoms with E-state index in [0.29, 0.717) is 18.0 Å². The molecule has 0 saturated heterocycles. The van der Waals surface area contributed by atoms with Gasteiger partial charge in [0.15, 0.2) is 0 Å². The van der Waals surface area contributed by atoms with E-state index in [1.807, 2.05) is 0 Å². The first-order valence-electron chi connectivity index (χ1n) is 7.36. The number of methoxy groups -OCH3 is 1. The van der Waals surface area contributed by atoms with Crippen molar-refractivity contribution in [3.05, 3.63) is 23.8 Å². The number of hydrogen-bond donors (Lipinski definition) is 3. The molecule has 1 aliphatic rings. The van der Waals surface area contributed by atoms with Crippen molar-refractivity contribution in [1.29, 1.82) is 0 Å². The highest BCUT2D eigenvalue weighted by Gasteiger charge is 2.31. The van der Waals surface area contributed by atoms with E-state index >= 15 is 0 Å². The summed E-state index contributed by atoms with van der Waals surface area (Å²) in [6.45, 7) is 0.782. The van der Waals surface area contributed by atoms with Crippen LogP contribution in [-0.2, 0) is 0 Å². The molecule has 1 saturated carbocycles. The molecule has 21 heavy (non-hydrogen) atoms. The van der Waals surface area contributed by atoms with Crippen LogP contribution in [0.15, 0.2) is 18.2 Å². The summed E-state index contributed by atoms with van der Waals surface area (Å²) < 4.78 is 5.27. The standard InChI is InChI=1S/C16H23NO4/c1-21-14-6-5-12(15(19)20)9-13(14)17-10-16(11-18)7-3-2-4-8-16/h5-6,9,17-18H,2-4,7-8,10-11H2,1H3,(H,19,20). The first-order valence-corrected chi connectivity index (χ1v) is 7.36. The van der Waals surface area contributed by atoms with E-state index in [1.165, 1.54) is 12.5 Å². The Balaban J connectivity index is 2.13. The SMILES string of the molecule is COc1ccc(C(=O)O)cc1NCC1(CO)CCCCC1. The van der Waals surface area contributed by atoms with Gasteiger partial charge in [-0.15, -0.1) is 0 Å². The summed E-state index contributed by atoms with van der Waals surface area (Å²) in [5, 5.41) is 22.1. The van der Waals surface area contributed by atoms with Gasteiger partial charge in [-0.1, -0.05) is 19.3 Å². The predicted molar refractivity (Wildman–Crippen MR) is 81.0 cm³/mol. The van der Waals surface area contributed by atoms with Gasteiger partial charge >= 0.3 is 5.97 Å². The van der Waals surface area contributed by atoms with Crippen molar-refractivity contribution in [1.82, 2.24) is 0 Å². The number of aliphatic hydroxyl groups excluding tert-OH is 1. The van der Waals surface area contributed by atoms with Gasteiger partial charge in [0, 0.05) is 12.0 Å². The average Bonchev–Trinajstić information content (AvgIpc) is 2.53. The summed E-state index contributed by atoms with van der Waals surface area (Å²) in [6.07, 6.45) is 5.48. The Hall–Kier alpha value is -1.75. The molecule has 5 nitrogen and oxygen atoms in total. The summed E-state index contributed by atoms with van der Waals surface area (Å²) in [5.74, 6) is -0.348. The molecule has 1 aromatic rings. The van der Waals surface area contributed by atoms with Crippen LogP contribution in [0, 0.1) is 5.41 Å². The molecule has 0 heterocycles. The van der Waals surface area contributed by atoms with Gasteiger partial charge in [0.25, 0.3) is 0 Å². The molecular weight excluding hydrogens is 270 g/mol. The van der Waals surface area contributed by atoms with Gasteiger partial charge in [-0.05, 0) is 31.0 Å². The van der Waals surface area contributed by atoms with Crippen LogP contribution in [0.5, 0.6) is 5.75 Å². The van der Waals surface area contributed by atoms with Crippen LogP contribution in [0.4, 0.5) is 5.69 Å². The van der Waals surface area contributed by atoms with Crippen LogP contribution in [-0.4, -0.2) is 36.4 Å². The highest BCUT2D eigenvalue weighted by Crippen LogP contribution is 2.37. The fourth-order valence-electron chi connectivity index (χ4n) is 2.95. The second kappa shape index (κ2) is 6.80. The van der Waals surface area contributed by atoms with E-state index in [0.717, 1.165) is 25.7 Å². The maximum Gasteiger partial charge on any atom is 0.335 e. The monoisotopic (exact) mass is 293 g/mol. The van der Waals surface area contributed by atoms with Crippen molar-refractivity contribution in [3.63, 3.8) is 0 Å². The Morgan fingerprint density at radius 2 is 2.05 bits per heavy atom. The van der Waals surface area contributed by atoms with Gasteiger partial charge in [0.05, 0.1) is 25.0 Å². The molecule has 0 spiro atoms. The minimum absolute atomic E-state index is 0.109. The van der Waals surface area contributed by atoms with Gasteiger partial charge < -0.3 is 20.3 Å². The first-order chi connectivity index (χ1) is 10.1. The Morgan fingerprint density at radius 1 is 1.33 bits per heavy atom. The molecule has 116 valence electrons. The van der Waals surface area contributed by atoms with E-state index in [9.17, 15) is 9.90 Å². The van der Waals surface area contributed by atoms with Crippen molar-refractivity contribution in [2.24, 2.45) is 5.41 Å². The Morgan fingerprint density at radius 3 is 2.62 bits per heavy atom. The number of carboxylic acids is 1. The molecule has 1 fully saturated rings. The molecule has 1 aliphatic carbocycles. The highest BCUT2D eigenvalue weighted by molar-refractivity contribution is 5.89. The third kappa shape index (κ3) is 3.67.